The Hall–Kier alpha value is -1.45. The quantitative estimate of drug-likeness (QED) is 0.801. The molecule has 0 saturated carbocycles. The fourth-order valence-corrected chi connectivity index (χ4v) is 3.04. The maximum absolute atomic E-state index is 11.5. The van der Waals surface area contributed by atoms with Crippen molar-refractivity contribution in [2.75, 3.05) is 56.8 Å². The number of ether oxygens (including phenoxy) is 1. The summed E-state index contributed by atoms with van der Waals surface area (Å²) in [5, 5.41) is 3.00. The van der Waals surface area contributed by atoms with Crippen molar-refractivity contribution >= 4 is 21.7 Å². The van der Waals surface area contributed by atoms with E-state index in [1.54, 1.807) is 14.2 Å². The second kappa shape index (κ2) is 6.54. The highest BCUT2D eigenvalue weighted by Gasteiger charge is 2.24. The summed E-state index contributed by atoms with van der Waals surface area (Å²) in [6.07, 6.45) is 1.24. The average molecular weight is 315 g/mol. The van der Waals surface area contributed by atoms with Gasteiger partial charge in [-0.2, -0.15) is 4.31 Å². The molecule has 0 spiro atoms. The molecule has 0 aliphatic carbocycles. The number of hydrogen-bond donors (Lipinski definition) is 1. The zero-order chi connectivity index (χ0) is 15.5. The predicted molar refractivity (Wildman–Crippen MR) is 80.9 cm³/mol. The molecule has 118 valence electrons. The third kappa shape index (κ3) is 4.02. The summed E-state index contributed by atoms with van der Waals surface area (Å²) in [4.78, 5) is 10.8. The molecule has 0 amide bonds. The first-order valence-electron chi connectivity index (χ1n) is 6.68. The minimum absolute atomic E-state index is 0.339. The van der Waals surface area contributed by atoms with Gasteiger partial charge in [0.25, 0.3) is 0 Å². The van der Waals surface area contributed by atoms with Crippen LogP contribution in [0.5, 0.6) is 0 Å². The number of sulfonamides is 1. The minimum atomic E-state index is -3.12. The lowest BCUT2D eigenvalue weighted by molar-refractivity contribution is 0.178. The molecule has 1 saturated heterocycles. The summed E-state index contributed by atoms with van der Waals surface area (Å²) >= 11 is 0. The van der Waals surface area contributed by atoms with Crippen LogP contribution in [0.25, 0.3) is 0 Å². The van der Waals surface area contributed by atoms with Crippen LogP contribution in [-0.4, -0.2) is 69.3 Å². The zero-order valence-electron chi connectivity index (χ0n) is 12.5. The summed E-state index contributed by atoms with van der Waals surface area (Å²) in [6.45, 7) is 2.50. The number of anilines is 2. The van der Waals surface area contributed by atoms with Crippen LogP contribution in [0, 0.1) is 0 Å². The second-order valence-corrected chi connectivity index (χ2v) is 6.84. The number of nitrogens with one attached hydrogen (secondary N) is 1. The van der Waals surface area contributed by atoms with Crippen LogP contribution in [0.3, 0.4) is 0 Å². The molecule has 1 aliphatic heterocycles. The molecule has 2 heterocycles. The van der Waals surface area contributed by atoms with Crippen LogP contribution >= 0.6 is 0 Å². The van der Waals surface area contributed by atoms with E-state index in [0.717, 1.165) is 11.6 Å². The van der Waals surface area contributed by atoms with Crippen molar-refractivity contribution in [2.24, 2.45) is 0 Å². The third-order valence-corrected chi connectivity index (χ3v) is 4.62. The Kier molecular flexibility index (Phi) is 4.96. The Labute approximate surface area is 125 Å². The SMILES string of the molecule is CNc1cc(N2CCN(S(C)(=O)=O)CC2)nc(COC)n1. The van der Waals surface area contributed by atoms with E-state index in [0.29, 0.717) is 38.6 Å². The van der Waals surface area contributed by atoms with Gasteiger partial charge >= 0.3 is 0 Å². The Balaban J connectivity index is 2.14. The molecule has 0 bridgehead atoms. The van der Waals surface area contributed by atoms with Crippen LogP contribution in [-0.2, 0) is 21.4 Å². The summed E-state index contributed by atoms with van der Waals surface area (Å²) in [7, 11) is 0.274. The fraction of sp³-hybridized carbons (Fsp3) is 0.667. The molecule has 0 aromatic carbocycles. The molecule has 1 aliphatic rings. The molecule has 9 heteroatoms. The molecule has 1 aromatic rings. The van der Waals surface area contributed by atoms with Crippen molar-refractivity contribution in [2.45, 2.75) is 6.61 Å². The summed E-state index contributed by atoms with van der Waals surface area (Å²) in [6, 6.07) is 1.86. The first kappa shape index (κ1) is 15.9. The van der Waals surface area contributed by atoms with Gasteiger partial charge < -0.3 is 15.0 Å². The van der Waals surface area contributed by atoms with Crippen LogP contribution in [0.2, 0.25) is 0 Å². The average Bonchev–Trinajstić information content (AvgIpc) is 2.46. The van der Waals surface area contributed by atoms with Crippen LogP contribution in [0.4, 0.5) is 11.6 Å². The fourth-order valence-electron chi connectivity index (χ4n) is 2.22. The van der Waals surface area contributed by atoms with Crippen molar-refractivity contribution in [3.05, 3.63) is 11.9 Å². The number of nitrogens with zero attached hydrogens (tertiary/aromatic N) is 4. The monoisotopic (exact) mass is 315 g/mol. The number of rotatable bonds is 5. The Morgan fingerprint density at radius 3 is 2.48 bits per heavy atom. The Morgan fingerprint density at radius 2 is 1.95 bits per heavy atom. The molecule has 1 N–H and O–H groups in total. The summed E-state index contributed by atoms with van der Waals surface area (Å²) in [5.74, 6) is 2.11. The maximum Gasteiger partial charge on any atom is 0.211 e. The van der Waals surface area contributed by atoms with Crippen LogP contribution in [0.15, 0.2) is 6.07 Å². The van der Waals surface area contributed by atoms with Gasteiger partial charge in [0, 0.05) is 46.4 Å². The first-order valence-corrected chi connectivity index (χ1v) is 8.53. The van der Waals surface area contributed by atoms with Crippen molar-refractivity contribution in [1.29, 1.82) is 0 Å². The summed E-state index contributed by atoms with van der Waals surface area (Å²) < 4.78 is 29.6. The molecule has 0 radical (unpaired) electrons. The Bertz CT molecular complexity index is 585. The van der Waals surface area contributed by atoms with Gasteiger partial charge in [0.1, 0.15) is 18.2 Å². The van der Waals surface area contributed by atoms with Gasteiger partial charge in [-0.1, -0.05) is 0 Å². The lowest BCUT2D eigenvalue weighted by atomic mass is 10.3. The van der Waals surface area contributed by atoms with Crippen molar-refractivity contribution in [3.8, 4) is 0 Å². The molecule has 1 fully saturated rings. The van der Waals surface area contributed by atoms with Crippen molar-refractivity contribution < 1.29 is 13.2 Å². The molecular weight excluding hydrogens is 294 g/mol. The molecular formula is C12H21N5O3S. The number of piperazine rings is 1. The van der Waals surface area contributed by atoms with Gasteiger partial charge in [0.05, 0.1) is 6.26 Å². The van der Waals surface area contributed by atoms with Crippen LogP contribution in [0.1, 0.15) is 5.82 Å². The number of aromatic nitrogens is 2. The molecule has 8 nitrogen and oxygen atoms in total. The molecule has 1 aromatic heterocycles. The highest BCUT2D eigenvalue weighted by molar-refractivity contribution is 7.88. The van der Waals surface area contributed by atoms with Gasteiger partial charge in [0.2, 0.25) is 10.0 Å². The lowest BCUT2D eigenvalue weighted by Crippen LogP contribution is -2.48. The van der Waals surface area contributed by atoms with E-state index in [2.05, 4.69) is 20.2 Å². The van der Waals surface area contributed by atoms with Gasteiger partial charge in [-0.25, -0.2) is 18.4 Å². The van der Waals surface area contributed by atoms with E-state index in [1.807, 2.05) is 6.07 Å². The third-order valence-electron chi connectivity index (χ3n) is 3.32. The van der Waals surface area contributed by atoms with Gasteiger partial charge in [-0.3, -0.25) is 0 Å². The molecule has 21 heavy (non-hydrogen) atoms. The topological polar surface area (TPSA) is 87.7 Å². The van der Waals surface area contributed by atoms with E-state index in [4.69, 9.17) is 4.74 Å². The van der Waals surface area contributed by atoms with Gasteiger partial charge in [0.15, 0.2) is 5.82 Å². The second-order valence-electron chi connectivity index (χ2n) is 4.86. The number of methoxy groups -OCH3 is 1. The highest BCUT2D eigenvalue weighted by Crippen LogP contribution is 2.18. The Morgan fingerprint density at radius 1 is 1.29 bits per heavy atom. The normalized spacial score (nSPS) is 17.0. The predicted octanol–water partition coefficient (Wildman–Crippen LogP) is -0.254. The van der Waals surface area contributed by atoms with Crippen molar-refractivity contribution in [1.82, 2.24) is 14.3 Å². The first-order chi connectivity index (χ1) is 9.94. The van der Waals surface area contributed by atoms with Crippen LogP contribution < -0.4 is 10.2 Å². The number of hydrogen-bond acceptors (Lipinski definition) is 7. The standard InChI is InChI=1S/C12H21N5O3S/c1-13-10-8-12(15-11(14-10)9-20-2)16-4-6-17(7-5-16)21(3,18)19/h8H,4-7,9H2,1-3H3,(H,13,14,15). The molecule has 0 unspecified atom stereocenters. The van der Waals surface area contributed by atoms with E-state index < -0.39 is 10.0 Å². The lowest BCUT2D eigenvalue weighted by Gasteiger charge is -2.34. The van der Waals surface area contributed by atoms with E-state index >= 15 is 0 Å². The van der Waals surface area contributed by atoms with Crippen molar-refractivity contribution in [3.63, 3.8) is 0 Å². The minimum Gasteiger partial charge on any atom is -0.377 e. The van der Waals surface area contributed by atoms with E-state index in [-0.39, 0.29) is 0 Å². The molecule has 2 rings (SSSR count). The largest absolute Gasteiger partial charge is 0.377 e. The summed E-state index contributed by atoms with van der Waals surface area (Å²) in [5.41, 5.74) is 0. The molecule has 0 atom stereocenters. The van der Waals surface area contributed by atoms with Gasteiger partial charge in [-0.05, 0) is 0 Å². The zero-order valence-corrected chi connectivity index (χ0v) is 13.4. The maximum atomic E-state index is 11.5. The smallest absolute Gasteiger partial charge is 0.211 e. The highest BCUT2D eigenvalue weighted by atomic mass is 32.2. The van der Waals surface area contributed by atoms with E-state index in [1.165, 1.54) is 10.6 Å². The van der Waals surface area contributed by atoms with E-state index in [9.17, 15) is 8.42 Å². The van der Waals surface area contributed by atoms with Gasteiger partial charge in [-0.15, -0.1) is 0 Å².